The molecule has 0 bridgehead atoms. The van der Waals surface area contributed by atoms with E-state index in [4.69, 9.17) is 0 Å². The number of benzene rings is 3. The van der Waals surface area contributed by atoms with Gasteiger partial charge in [-0.25, -0.2) is 13.2 Å². The van der Waals surface area contributed by atoms with Crippen molar-refractivity contribution >= 4 is 0 Å². The van der Waals surface area contributed by atoms with E-state index in [1.807, 2.05) is 0 Å². The van der Waals surface area contributed by atoms with Crippen LogP contribution in [0.5, 0.6) is 5.75 Å². The standard InChI is InChI=1S/C28H26F6O/c1-2-3-4-5-17-14-24(29)26(25(30)15-17)20-9-13-23-19(16-20)8-12-22(27(23)31)18-6-10-21(11-7-18)35-28(32,33)34/h6-8,10-12,14-15,20H,2-5,9,13,16H2,1H3. The van der Waals surface area contributed by atoms with Crippen molar-refractivity contribution in [3.63, 3.8) is 0 Å². The Labute approximate surface area is 200 Å². The molecule has 35 heavy (non-hydrogen) atoms. The topological polar surface area (TPSA) is 9.23 Å². The minimum Gasteiger partial charge on any atom is -0.406 e. The molecular weight excluding hydrogens is 466 g/mol. The van der Waals surface area contributed by atoms with Crippen LogP contribution in [0, 0.1) is 17.5 Å². The van der Waals surface area contributed by atoms with E-state index in [0.29, 0.717) is 47.9 Å². The monoisotopic (exact) mass is 492 g/mol. The number of fused-ring (bicyclic) bond motifs is 1. The van der Waals surface area contributed by atoms with Crippen molar-refractivity contribution in [2.24, 2.45) is 0 Å². The average molecular weight is 493 g/mol. The molecule has 0 fully saturated rings. The summed E-state index contributed by atoms with van der Waals surface area (Å²) in [7, 11) is 0. The van der Waals surface area contributed by atoms with Gasteiger partial charge < -0.3 is 4.74 Å². The molecule has 0 spiro atoms. The Hall–Kier alpha value is -2.96. The van der Waals surface area contributed by atoms with E-state index in [9.17, 15) is 22.0 Å². The van der Waals surface area contributed by atoms with Crippen molar-refractivity contribution in [1.29, 1.82) is 0 Å². The summed E-state index contributed by atoms with van der Waals surface area (Å²) >= 11 is 0. The highest BCUT2D eigenvalue weighted by atomic mass is 19.4. The van der Waals surface area contributed by atoms with Gasteiger partial charge in [-0.1, -0.05) is 44.0 Å². The fraction of sp³-hybridized carbons (Fsp3) is 0.357. The quantitative estimate of drug-likeness (QED) is 0.237. The number of ether oxygens (including phenoxy) is 1. The van der Waals surface area contributed by atoms with E-state index >= 15 is 4.39 Å². The third-order valence-electron chi connectivity index (χ3n) is 6.56. The average Bonchev–Trinajstić information content (AvgIpc) is 2.79. The van der Waals surface area contributed by atoms with Gasteiger partial charge in [0.1, 0.15) is 23.2 Å². The molecule has 1 aliphatic rings. The zero-order valence-electron chi connectivity index (χ0n) is 19.3. The van der Waals surface area contributed by atoms with Crippen LogP contribution >= 0.6 is 0 Å². The number of hydrogen-bond acceptors (Lipinski definition) is 1. The van der Waals surface area contributed by atoms with Gasteiger partial charge >= 0.3 is 6.36 Å². The molecule has 186 valence electrons. The first-order chi connectivity index (χ1) is 16.7. The summed E-state index contributed by atoms with van der Waals surface area (Å²) in [6, 6.07) is 11.1. The number of hydrogen-bond donors (Lipinski definition) is 0. The maximum Gasteiger partial charge on any atom is 0.573 e. The summed E-state index contributed by atoms with van der Waals surface area (Å²) in [5.41, 5.74) is 2.54. The number of alkyl halides is 3. The summed E-state index contributed by atoms with van der Waals surface area (Å²) in [6.07, 6.45) is -0.236. The lowest BCUT2D eigenvalue weighted by atomic mass is 9.78. The molecular formula is C28H26F6O. The molecule has 1 unspecified atom stereocenters. The molecule has 1 aliphatic carbocycles. The molecule has 4 rings (SSSR count). The molecule has 0 aliphatic heterocycles. The number of rotatable bonds is 7. The molecule has 1 atom stereocenters. The normalized spacial score (nSPS) is 15.7. The van der Waals surface area contributed by atoms with Crippen LogP contribution in [0.3, 0.4) is 0 Å². The van der Waals surface area contributed by atoms with E-state index in [1.165, 1.54) is 24.3 Å². The Morgan fingerprint density at radius 1 is 0.914 bits per heavy atom. The van der Waals surface area contributed by atoms with Gasteiger partial charge in [0.25, 0.3) is 0 Å². The summed E-state index contributed by atoms with van der Waals surface area (Å²) < 4.78 is 86.1. The Kier molecular flexibility index (Phi) is 7.43. The van der Waals surface area contributed by atoms with Crippen molar-refractivity contribution < 1.29 is 31.1 Å². The molecule has 7 heteroatoms. The summed E-state index contributed by atoms with van der Waals surface area (Å²) in [6.45, 7) is 2.07. The van der Waals surface area contributed by atoms with Gasteiger partial charge in [0, 0.05) is 11.1 Å². The van der Waals surface area contributed by atoms with E-state index < -0.39 is 29.7 Å². The highest BCUT2D eigenvalue weighted by molar-refractivity contribution is 5.67. The van der Waals surface area contributed by atoms with Crippen molar-refractivity contribution in [3.8, 4) is 16.9 Å². The molecule has 0 radical (unpaired) electrons. The van der Waals surface area contributed by atoms with Crippen LogP contribution in [0.1, 0.15) is 60.8 Å². The number of aryl methyl sites for hydroxylation is 1. The molecule has 0 N–H and O–H groups in total. The second-order valence-electron chi connectivity index (χ2n) is 9.01. The van der Waals surface area contributed by atoms with Gasteiger partial charge in [-0.3, -0.25) is 0 Å². The molecule has 3 aromatic rings. The Morgan fingerprint density at radius 2 is 1.60 bits per heavy atom. The molecule has 0 aromatic heterocycles. The Morgan fingerprint density at radius 3 is 2.23 bits per heavy atom. The fourth-order valence-corrected chi connectivity index (χ4v) is 4.86. The van der Waals surface area contributed by atoms with E-state index in [2.05, 4.69) is 11.7 Å². The van der Waals surface area contributed by atoms with Crippen LogP contribution in [0.4, 0.5) is 26.3 Å². The Balaban J connectivity index is 1.54. The minimum absolute atomic E-state index is 0.0552. The molecule has 1 nitrogen and oxygen atoms in total. The highest BCUT2D eigenvalue weighted by Gasteiger charge is 2.31. The summed E-state index contributed by atoms with van der Waals surface area (Å²) in [4.78, 5) is 0. The molecule has 0 saturated carbocycles. The zero-order valence-corrected chi connectivity index (χ0v) is 19.3. The molecule has 3 aromatic carbocycles. The van der Waals surface area contributed by atoms with Crippen LogP contribution < -0.4 is 4.74 Å². The van der Waals surface area contributed by atoms with Crippen molar-refractivity contribution in [1.82, 2.24) is 0 Å². The van der Waals surface area contributed by atoms with Crippen LogP contribution in [0.2, 0.25) is 0 Å². The smallest absolute Gasteiger partial charge is 0.406 e. The predicted octanol–water partition coefficient (Wildman–Crippen LogP) is 8.67. The first-order valence-electron chi connectivity index (χ1n) is 11.8. The van der Waals surface area contributed by atoms with E-state index in [1.54, 1.807) is 12.1 Å². The van der Waals surface area contributed by atoms with Crippen molar-refractivity contribution in [2.75, 3.05) is 0 Å². The summed E-state index contributed by atoms with van der Waals surface area (Å²) in [5, 5.41) is 0. The highest BCUT2D eigenvalue weighted by Crippen LogP contribution is 2.39. The first kappa shape index (κ1) is 25.1. The van der Waals surface area contributed by atoms with Gasteiger partial charge in [-0.05, 0) is 84.5 Å². The van der Waals surface area contributed by atoms with Crippen LogP contribution in [-0.4, -0.2) is 6.36 Å². The molecule has 0 saturated heterocycles. The van der Waals surface area contributed by atoms with Crippen molar-refractivity contribution in [3.05, 3.63) is 88.2 Å². The lowest BCUT2D eigenvalue weighted by Crippen LogP contribution is -2.17. The van der Waals surface area contributed by atoms with Gasteiger partial charge in [-0.15, -0.1) is 13.2 Å². The maximum atomic E-state index is 15.3. The summed E-state index contributed by atoms with van der Waals surface area (Å²) in [5.74, 6) is -2.34. The zero-order chi connectivity index (χ0) is 25.2. The molecule has 0 amide bonds. The van der Waals surface area contributed by atoms with Gasteiger partial charge in [-0.2, -0.15) is 0 Å². The van der Waals surface area contributed by atoms with Gasteiger partial charge in [0.2, 0.25) is 0 Å². The SMILES string of the molecule is CCCCCc1cc(F)c(C2CCc3c(ccc(-c4ccc(OC(F)(F)F)cc4)c3F)C2)c(F)c1. The largest absolute Gasteiger partial charge is 0.573 e. The Bertz CT molecular complexity index is 1160. The minimum atomic E-state index is -4.80. The van der Waals surface area contributed by atoms with Crippen molar-refractivity contribution in [2.45, 2.75) is 64.1 Å². The third-order valence-corrected chi connectivity index (χ3v) is 6.56. The van der Waals surface area contributed by atoms with Crippen LogP contribution in [-0.2, 0) is 19.3 Å². The predicted molar refractivity (Wildman–Crippen MR) is 123 cm³/mol. The third kappa shape index (κ3) is 5.82. The van der Waals surface area contributed by atoms with E-state index in [0.717, 1.165) is 31.4 Å². The number of unbranched alkanes of at least 4 members (excludes halogenated alkanes) is 2. The second-order valence-corrected chi connectivity index (χ2v) is 9.01. The van der Waals surface area contributed by atoms with Gasteiger partial charge in [0.05, 0.1) is 0 Å². The van der Waals surface area contributed by atoms with Gasteiger partial charge in [0.15, 0.2) is 0 Å². The maximum absolute atomic E-state index is 15.3. The second kappa shape index (κ2) is 10.3. The fourth-order valence-electron chi connectivity index (χ4n) is 4.86. The lowest BCUT2D eigenvalue weighted by Gasteiger charge is -2.27. The van der Waals surface area contributed by atoms with E-state index in [-0.39, 0.29) is 16.9 Å². The molecule has 0 heterocycles. The lowest BCUT2D eigenvalue weighted by molar-refractivity contribution is -0.274. The van der Waals surface area contributed by atoms with Crippen LogP contribution in [0.15, 0.2) is 48.5 Å². The van der Waals surface area contributed by atoms with Crippen LogP contribution in [0.25, 0.3) is 11.1 Å². The first-order valence-corrected chi connectivity index (χ1v) is 11.8. The number of halogens is 6.